The average molecular weight is 347 g/mol. The predicted octanol–water partition coefficient (Wildman–Crippen LogP) is 2.63. The summed E-state index contributed by atoms with van der Waals surface area (Å²) in [6.45, 7) is 0. The van der Waals surface area contributed by atoms with E-state index in [4.69, 9.17) is 11.6 Å². The van der Waals surface area contributed by atoms with Gasteiger partial charge in [-0.25, -0.2) is 0 Å². The first-order chi connectivity index (χ1) is 10.7. The minimum Gasteiger partial charge on any atom is -0.550 e. The maximum atomic E-state index is 12.7. The van der Waals surface area contributed by atoms with Crippen molar-refractivity contribution in [2.24, 2.45) is 11.8 Å². The van der Waals surface area contributed by atoms with Gasteiger partial charge in [0.1, 0.15) is 0 Å². The summed E-state index contributed by atoms with van der Waals surface area (Å²) in [5.41, 5.74) is -1.17. The molecule has 0 fully saturated rings. The molecule has 1 aliphatic carbocycles. The summed E-state index contributed by atoms with van der Waals surface area (Å²) in [4.78, 5) is 23.3. The second-order valence-corrected chi connectivity index (χ2v) is 5.56. The van der Waals surface area contributed by atoms with Gasteiger partial charge in [0.15, 0.2) is 0 Å². The summed E-state index contributed by atoms with van der Waals surface area (Å²) in [5, 5.41) is 13.3. The summed E-state index contributed by atoms with van der Waals surface area (Å²) in [5.74, 6) is -4.02. The molecule has 1 amide bonds. The normalized spacial score (nSPS) is 21.0. The van der Waals surface area contributed by atoms with E-state index in [2.05, 4.69) is 5.32 Å². The molecular formula is C15H12ClF3NO3-. The van der Waals surface area contributed by atoms with E-state index >= 15 is 0 Å². The molecule has 1 aromatic rings. The third-order valence-corrected chi connectivity index (χ3v) is 3.95. The standard InChI is InChI=1S/C15H13ClF3NO3/c16-11-6-5-8(15(17,18)19)7-12(11)20-13(21)9-3-1-2-4-10(9)14(22)23/h1-2,5-7,9-10H,3-4H2,(H,20,21)(H,22,23)/p-1/t9-,10-/m1/s1. The number of nitrogens with one attached hydrogen (secondary N) is 1. The first-order valence-corrected chi connectivity index (χ1v) is 7.11. The van der Waals surface area contributed by atoms with Crippen LogP contribution in [0.4, 0.5) is 18.9 Å². The molecule has 8 heteroatoms. The number of alkyl halides is 3. The summed E-state index contributed by atoms with van der Waals surface area (Å²) in [7, 11) is 0. The number of allylic oxidation sites excluding steroid dienone is 2. The largest absolute Gasteiger partial charge is 0.550 e. The van der Waals surface area contributed by atoms with E-state index in [9.17, 15) is 27.9 Å². The van der Waals surface area contributed by atoms with Crippen LogP contribution >= 0.6 is 11.6 Å². The molecule has 23 heavy (non-hydrogen) atoms. The zero-order valence-corrected chi connectivity index (χ0v) is 12.4. The van der Waals surface area contributed by atoms with Crippen LogP contribution in [0.5, 0.6) is 0 Å². The topological polar surface area (TPSA) is 69.2 Å². The fourth-order valence-electron chi connectivity index (χ4n) is 2.39. The number of carboxylic acid groups (broad SMARTS) is 1. The number of carbonyl (C=O) groups excluding carboxylic acids is 2. The van der Waals surface area contributed by atoms with Crippen molar-refractivity contribution in [3.8, 4) is 0 Å². The average Bonchev–Trinajstić information content (AvgIpc) is 2.48. The van der Waals surface area contributed by atoms with Crippen LogP contribution in [0.1, 0.15) is 18.4 Å². The van der Waals surface area contributed by atoms with Crippen molar-refractivity contribution in [3.05, 3.63) is 40.9 Å². The Kier molecular flexibility index (Phi) is 4.99. The summed E-state index contributed by atoms with van der Waals surface area (Å²) in [6, 6.07) is 2.54. The number of carbonyl (C=O) groups is 2. The van der Waals surface area contributed by atoms with Gasteiger partial charge in [-0.2, -0.15) is 13.2 Å². The van der Waals surface area contributed by atoms with Gasteiger partial charge in [0.05, 0.1) is 22.2 Å². The minimum atomic E-state index is -4.58. The fraction of sp³-hybridized carbons (Fsp3) is 0.333. The van der Waals surface area contributed by atoms with Crippen molar-refractivity contribution in [1.82, 2.24) is 0 Å². The van der Waals surface area contributed by atoms with E-state index in [0.29, 0.717) is 6.07 Å². The molecule has 0 saturated heterocycles. The zero-order valence-electron chi connectivity index (χ0n) is 11.7. The van der Waals surface area contributed by atoms with Crippen LogP contribution in [0.25, 0.3) is 0 Å². The van der Waals surface area contributed by atoms with E-state index in [1.54, 1.807) is 12.2 Å². The molecule has 2 rings (SSSR count). The van der Waals surface area contributed by atoms with E-state index < -0.39 is 35.5 Å². The van der Waals surface area contributed by atoms with Crippen LogP contribution in [0.15, 0.2) is 30.4 Å². The second-order valence-electron chi connectivity index (χ2n) is 5.16. The van der Waals surface area contributed by atoms with Crippen molar-refractivity contribution in [1.29, 1.82) is 0 Å². The third-order valence-electron chi connectivity index (χ3n) is 3.62. The van der Waals surface area contributed by atoms with Gasteiger partial charge >= 0.3 is 6.18 Å². The second kappa shape index (κ2) is 6.62. The third kappa shape index (κ3) is 4.04. The van der Waals surface area contributed by atoms with E-state index in [0.717, 1.165) is 12.1 Å². The van der Waals surface area contributed by atoms with Crippen LogP contribution < -0.4 is 10.4 Å². The number of aliphatic carboxylic acids is 1. The van der Waals surface area contributed by atoms with Gasteiger partial charge in [0.2, 0.25) is 5.91 Å². The Morgan fingerprint density at radius 1 is 1.17 bits per heavy atom. The molecule has 0 heterocycles. The number of benzene rings is 1. The molecule has 0 unspecified atom stereocenters. The minimum absolute atomic E-state index is 0.0669. The Morgan fingerprint density at radius 2 is 1.78 bits per heavy atom. The van der Waals surface area contributed by atoms with Crippen molar-refractivity contribution < 1.29 is 27.9 Å². The maximum absolute atomic E-state index is 12.7. The number of anilines is 1. The first-order valence-electron chi connectivity index (χ1n) is 6.73. The fourth-order valence-corrected chi connectivity index (χ4v) is 2.55. The Balaban J connectivity index is 2.23. The number of hydrogen-bond donors (Lipinski definition) is 1. The molecule has 1 aliphatic rings. The summed E-state index contributed by atoms with van der Waals surface area (Å²) in [6.07, 6.45) is -0.998. The van der Waals surface area contributed by atoms with Crippen molar-refractivity contribution >= 4 is 29.2 Å². The molecule has 1 aromatic carbocycles. The van der Waals surface area contributed by atoms with Crippen molar-refractivity contribution in [3.63, 3.8) is 0 Å². The van der Waals surface area contributed by atoms with E-state index in [1.807, 2.05) is 0 Å². The number of rotatable bonds is 3. The number of carboxylic acids is 1. The molecule has 4 nitrogen and oxygen atoms in total. The van der Waals surface area contributed by atoms with E-state index in [1.165, 1.54) is 0 Å². The number of hydrogen-bond acceptors (Lipinski definition) is 3. The predicted molar refractivity (Wildman–Crippen MR) is 75.4 cm³/mol. The SMILES string of the molecule is O=C([O-])[C@@H]1CC=CC[C@H]1C(=O)Nc1cc(C(F)(F)F)ccc1Cl. The highest BCUT2D eigenvalue weighted by atomic mass is 35.5. The van der Waals surface area contributed by atoms with Crippen LogP contribution in [0.3, 0.4) is 0 Å². The monoisotopic (exact) mass is 346 g/mol. The van der Waals surface area contributed by atoms with Crippen LogP contribution in [0, 0.1) is 11.8 Å². The van der Waals surface area contributed by atoms with Crippen molar-refractivity contribution in [2.45, 2.75) is 19.0 Å². The molecule has 2 atom stereocenters. The van der Waals surface area contributed by atoms with Gasteiger partial charge < -0.3 is 15.2 Å². The molecule has 1 N–H and O–H groups in total. The highest BCUT2D eigenvalue weighted by molar-refractivity contribution is 6.33. The zero-order chi connectivity index (χ0) is 17.2. The van der Waals surface area contributed by atoms with E-state index in [-0.39, 0.29) is 23.6 Å². The maximum Gasteiger partial charge on any atom is 0.416 e. The summed E-state index contributed by atoms with van der Waals surface area (Å²) >= 11 is 5.80. The first kappa shape index (κ1) is 17.3. The van der Waals surface area contributed by atoms with Crippen LogP contribution in [-0.2, 0) is 15.8 Å². The molecule has 0 aliphatic heterocycles. The molecule has 0 bridgehead atoms. The number of amides is 1. The summed E-state index contributed by atoms with van der Waals surface area (Å²) < 4.78 is 38.1. The van der Waals surface area contributed by atoms with Gasteiger partial charge in [-0.1, -0.05) is 23.8 Å². The van der Waals surface area contributed by atoms with Gasteiger partial charge in [0.25, 0.3) is 0 Å². The lowest BCUT2D eigenvalue weighted by molar-refractivity contribution is -0.313. The number of halogens is 4. The lowest BCUT2D eigenvalue weighted by Crippen LogP contribution is -2.41. The highest BCUT2D eigenvalue weighted by Gasteiger charge is 2.33. The lowest BCUT2D eigenvalue weighted by Gasteiger charge is -2.28. The smallest absolute Gasteiger partial charge is 0.416 e. The Labute approximate surface area is 134 Å². The highest BCUT2D eigenvalue weighted by Crippen LogP contribution is 2.34. The Hall–Kier alpha value is -2.02. The van der Waals surface area contributed by atoms with Crippen molar-refractivity contribution in [2.75, 3.05) is 5.32 Å². The molecule has 0 saturated carbocycles. The lowest BCUT2D eigenvalue weighted by atomic mass is 9.82. The Bertz CT molecular complexity index is 658. The Morgan fingerprint density at radius 3 is 2.35 bits per heavy atom. The molecule has 0 aromatic heterocycles. The quantitative estimate of drug-likeness (QED) is 0.855. The molecular weight excluding hydrogens is 335 g/mol. The van der Waals surface area contributed by atoms with Gasteiger partial charge in [-0.3, -0.25) is 4.79 Å². The van der Waals surface area contributed by atoms with Gasteiger partial charge in [-0.15, -0.1) is 0 Å². The molecule has 0 spiro atoms. The molecule has 124 valence electrons. The van der Waals surface area contributed by atoms with Crippen LogP contribution in [-0.4, -0.2) is 11.9 Å². The van der Waals surface area contributed by atoms with Gasteiger partial charge in [-0.05, 0) is 31.0 Å². The molecule has 0 radical (unpaired) electrons. The van der Waals surface area contributed by atoms with Crippen LogP contribution in [0.2, 0.25) is 5.02 Å². The van der Waals surface area contributed by atoms with Gasteiger partial charge in [0, 0.05) is 11.9 Å².